The van der Waals surface area contributed by atoms with Crippen molar-refractivity contribution < 1.29 is 14.7 Å². The number of likely N-dealkylation sites (tertiary alicyclic amines) is 1. The molecule has 2 N–H and O–H groups in total. The summed E-state index contributed by atoms with van der Waals surface area (Å²) in [6, 6.07) is 0.0319. The van der Waals surface area contributed by atoms with Crippen LogP contribution in [0.3, 0.4) is 0 Å². The van der Waals surface area contributed by atoms with E-state index < -0.39 is 5.97 Å². The largest absolute Gasteiger partial charge is 0.481 e. The highest BCUT2D eigenvalue weighted by Crippen LogP contribution is 2.19. The monoisotopic (exact) mass is 315 g/mol. The summed E-state index contributed by atoms with van der Waals surface area (Å²) in [6.45, 7) is 5.61. The first-order chi connectivity index (χ1) is 10.1. The van der Waals surface area contributed by atoms with Crippen LogP contribution in [0.1, 0.15) is 26.2 Å². The lowest BCUT2D eigenvalue weighted by Gasteiger charge is -2.35. The number of hydrogen-bond donors (Lipinski definition) is 2. The highest BCUT2D eigenvalue weighted by molar-refractivity contribution is 7.99. The number of carboxylic acid groups (broad SMARTS) is 1. The van der Waals surface area contributed by atoms with Gasteiger partial charge in [0.25, 0.3) is 0 Å². The molecule has 2 rings (SSSR count). The van der Waals surface area contributed by atoms with Crippen molar-refractivity contribution in [2.24, 2.45) is 0 Å². The van der Waals surface area contributed by atoms with Gasteiger partial charge in [0.1, 0.15) is 0 Å². The summed E-state index contributed by atoms with van der Waals surface area (Å²) in [5.41, 5.74) is 0. The number of hydrogen-bond acceptors (Lipinski definition) is 4. The van der Waals surface area contributed by atoms with E-state index in [1.165, 1.54) is 12.8 Å². The highest BCUT2D eigenvalue weighted by atomic mass is 32.2. The van der Waals surface area contributed by atoms with Gasteiger partial charge in [-0.3, -0.25) is 9.69 Å². The van der Waals surface area contributed by atoms with Crippen molar-refractivity contribution >= 4 is 23.8 Å². The third-order valence-electron chi connectivity index (χ3n) is 4.21. The first kappa shape index (κ1) is 16.4. The van der Waals surface area contributed by atoms with Gasteiger partial charge in [0.15, 0.2) is 0 Å². The average molecular weight is 315 g/mol. The molecule has 21 heavy (non-hydrogen) atoms. The zero-order valence-corrected chi connectivity index (χ0v) is 13.4. The number of thioether (sulfide) groups is 1. The molecule has 2 amide bonds. The predicted octanol–water partition coefficient (Wildman–Crippen LogP) is 1.07. The Balaban J connectivity index is 1.81. The zero-order chi connectivity index (χ0) is 15.2. The molecule has 2 fully saturated rings. The lowest BCUT2D eigenvalue weighted by atomic mass is 10.2. The molecule has 0 spiro atoms. The molecule has 6 nitrogen and oxygen atoms in total. The van der Waals surface area contributed by atoms with E-state index in [9.17, 15) is 9.59 Å². The van der Waals surface area contributed by atoms with Crippen molar-refractivity contribution in [3.8, 4) is 0 Å². The number of carbonyl (C=O) groups excluding carboxylic acids is 1. The van der Waals surface area contributed by atoms with E-state index in [2.05, 4.69) is 17.1 Å². The Hall–Kier alpha value is -0.950. The number of nitrogens with one attached hydrogen (secondary N) is 1. The number of aliphatic carboxylic acids is 1. The minimum atomic E-state index is -0.842. The standard InChI is InChI=1S/C14H25N3O3S/c1-11(16-4-2-3-5-16)9-15-14(20)17-6-7-21-10-12(17)8-13(18)19/h11-12H,2-10H2,1H3,(H,15,20)(H,18,19). The number of amides is 2. The van der Waals surface area contributed by atoms with Crippen LogP contribution < -0.4 is 5.32 Å². The molecule has 0 aromatic carbocycles. The predicted molar refractivity (Wildman–Crippen MR) is 83.7 cm³/mol. The molecule has 2 heterocycles. The van der Waals surface area contributed by atoms with Crippen molar-refractivity contribution in [3.63, 3.8) is 0 Å². The highest BCUT2D eigenvalue weighted by Gasteiger charge is 2.29. The van der Waals surface area contributed by atoms with E-state index in [4.69, 9.17) is 5.11 Å². The van der Waals surface area contributed by atoms with Crippen molar-refractivity contribution in [3.05, 3.63) is 0 Å². The lowest BCUT2D eigenvalue weighted by molar-refractivity contribution is -0.138. The topological polar surface area (TPSA) is 72.9 Å². The molecule has 0 aliphatic carbocycles. The van der Waals surface area contributed by atoms with E-state index in [0.717, 1.165) is 18.8 Å². The lowest BCUT2D eigenvalue weighted by Crippen LogP contribution is -2.53. The first-order valence-corrected chi connectivity index (χ1v) is 8.81. The zero-order valence-electron chi connectivity index (χ0n) is 12.6. The fourth-order valence-corrected chi connectivity index (χ4v) is 4.00. The number of urea groups is 1. The summed E-state index contributed by atoms with van der Waals surface area (Å²) >= 11 is 1.72. The van der Waals surface area contributed by atoms with Crippen LogP contribution in [0, 0.1) is 0 Å². The molecule has 0 bridgehead atoms. The molecule has 0 saturated carbocycles. The van der Waals surface area contributed by atoms with Gasteiger partial charge in [-0.1, -0.05) is 0 Å². The molecular weight excluding hydrogens is 290 g/mol. The minimum absolute atomic E-state index is 0.0299. The molecule has 0 aromatic heterocycles. The quantitative estimate of drug-likeness (QED) is 0.794. The number of rotatable bonds is 5. The van der Waals surface area contributed by atoms with Crippen LogP contribution >= 0.6 is 11.8 Å². The molecule has 120 valence electrons. The van der Waals surface area contributed by atoms with Gasteiger partial charge in [0, 0.05) is 30.6 Å². The van der Waals surface area contributed by atoms with E-state index in [1.54, 1.807) is 16.7 Å². The number of carbonyl (C=O) groups is 2. The molecule has 2 aliphatic heterocycles. The molecule has 7 heteroatoms. The second kappa shape index (κ2) is 7.89. The van der Waals surface area contributed by atoms with E-state index in [-0.39, 0.29) is 18.5 Å². The molecule has 2 unspecified atom stereocenters. The molecule has 2 saturated heterocycles. The maximum absolute atomic E-state index is 12.3. The first-order valence-electron chi connectivity index (χ1n) is 7.66. The molecular formula is C14H25N3O3S. The summed E-state index contributed by atoms with van der Waals surface area (Å²) in [7, 11) is 0. The van der Waals surface area contributed by atoms with Crippen LogP contribution in [-0.2, 0) is 4.79 Å². The van der Waals surface area contributed by atoms with Crippen molar-refractivity contribution in [1.29, 1.82) is 0 Å². The van der Waals surface area contributed by atoms with Gasteiger partial charge in [-0.25, -0.2) is 4.79 Å². The van der Waals surface area contributed by atoms with Gasteiger partial charge in [0.2, 0.25) is 0 Å². The van der Waals surface area contributed by atoms with E-state index in [1.807, 2.05) is 0 Å². The molecule has 2 aliphatic rings. The van der Waals surface area contributed by atoms with Crippen molar-refractivity contribution in [1.82, 2.24) is 15.1 Å². The maximum atomic E-state index is 12.3. The smallest absolute Gasteiger partial charge is 0.317 e. The fraction of sp³-hybridized carbons (Fsp3) is 0.857. The van der Waals surface area contributed by atoms with Crippen LogP contribution in [0.15, 0.2) is 0 Å². The third kappa shape index (κ3) is 4.78. The van der Waals surface area contributed by atoms with Crippen LogP contribution in [0.4, 0.5) is 4.79 Å². The van der Waals surface area contributed by atoms with Crippen LogP contribution in [0.2, 0.25) is 0 Å². The fourth-order valence-electron chi connectivity index (χ4n) is 2.94. The van der Waals surface area contributed by atoms with E-state index in [0.29, 0.717) is 24.9 Å². The van der Waals surface area contributed by atoms with Gasteiger partial charge in [-0.05, 0) is 32.9 Å². The number of nitrogens with zero attached hydrogens (tertiary/aromatic N) is 2. The Morgan fingerprint density at radius 3 is 2.71 bits per heavy atom. The van der Waals surface area contributed by atoms with Crippen LogP contribution in [0.25, 0.3) is 0 Å². The second-order valence-corrected chi connectivity index (χ2v) is 6.95. The summed E-state index contributed by atoms with van der Waals surface area (Å²) in [4.78, 5) is 27.3. The van der Waals surface area contributed by atoms with Crippen molar-refractivity contribution in [2.45, 2.75) is 38.3 Å². The average Bonchev–Trinajstić information content (AvgIpc) is 2.98. The van der Waals surface area contributed by atoms with Gasteiger partial charge in [0.05, 0.1) is 12.5 Å². The summed E-state index contributed by atoms with van der Waals surface area (Å²) in [5.74, 6) is 0.748. The second-order valence-electron chi connectivity index (χ2n) is 5.80. The minimum Gasteiger partial charge on any atom is -0.481 e. The van der Waals surface area contributed by atoms with Crippen LogP contribution in [-0.4, -0.2) is 76.7 Å². The maximum Gasteiger partial charge on any atom is 0.317 e. The Kier molecular flexibility index (Phi) is 6.17. The molecule has 2 atom stereocenters. The normalized spacial score (nSPS) is 24.8. The SMILES string of the molecule is CC(CNC(=O)N1CCSCC1CC(=O)O)N1CCCC1. The molecule has 0 radical (unpaired) electrons. The molecule has 0 aromatic rings. The summed E-state index contributed by atoms with van der Waals surface area (Å²) < 4.78 is 0. The van der Waals surface area contributed by atoms with Gasteiger partial charge in [-0.15, -0.1) is 0 Å². The Labute approximate surface area is 130 Å². The Morgan fingerprint density at radius 1 is 1.33 bits per heavy atom. The van der Waals surface area contributed by atoms with Gasteiger partial charge >= 0.3 is 12.0 Å². The summed E-state index contributed by atoms with van der Waals surface area (Å²) in [5, 5.41) is 11.9. The van der Waals surface area contributed by atoms with Crippen LogP contribution in [0.5, 0.6) is 0 Å². The van der Waals surface area contributed by atoms with Gasteiger partial charge in [-0.2, -0.15) is 11.8 Å². The third-order valence-corrected chi connectivity index (χ3v) is 5.30. The van der Waals surface area contributed by atoms with Crippen molar-refractivity contribution in [2.75, 3.05) is 37.7 Å². The van der Waals surface area contributed by atoms with Gasteiger partial charge < -0.3 is 15.3 Å². The Bertz CT molecular complexity index is 374. The van der Waals surface area contributed by atoms with E-state index >= 15 is 0 Å². The summed E-state index contributed by atoms with van der Waals surface area (Å²) in [6.07, 6.45) is 2.51. The number of carboxylic acids is 1. The Morgan fingerprint density at radius 2 is 2.05 bits per heavy atom.